The van der Waals surface area contributed by atoms with Gasteiger partial charge >= 0.3 is 0 Å². The first-order valence-corrected chi connectivity index (χ1v) is 21.1. The molecular formula is C51H68ClN3O4. The summed E-state index contributed by atoms with van der Waals surface area (Å²) in [6.45, 7) is 29.4. The van der Waals surface area contributed by atoms with Gasteiger partial charge < -0.3 is 19.5 Å². The molecule has 0 amide bonds. The van der Waals surface area contributed by atoms with Gasteiger partial charge in [-0.1, -0.05) is 113 Å². The molecule has 7 nitrogen and oxygen atoms in total. The molecule has 1 saturated carbocycles. The molecule has 4 aromatic carbocycles. The second kappa shape index (κ2) is 23.5. The molecule has 1 atom stereocenters. The zero-order valence-corrected chi connectivity index (χ0v) is 38.0. The van der Waals surface area contributed by atoms with Crippen molar-refractivity contribution in [2.24, 2.45) is 16.3 Å². The number of ether oxygens (including phenoxy) is 3. The van der Waals surface area contributed by atoms with E-state index in [0.29, 0.717) is 48.5 Å². The molecule has 0 heterocycles. The van der Waals surface area contributed by atoms with Crippen molar-refractivity contribution in [2.45, 2.75) is 113 Å². The molecule has 0 saturated heterocycles. The number of allylic oxidation sites excluding steroid dienone is 1. The number of rotatable bonds is 16. The van der Waals surface area contributed by atoms with Crippen molar-refractivity contribution < 1.29 is 19.0 Å². The number of halogens is 1. The van der Waals surface area contributed by atoms with Gasteiger partial charge in [-0.25, -0.2) is 0 Å². The van der Waals surface area contributed by atoms with Crippen LogP contribution in [0, 0.1) is 18.3 Å². The van der Waals surface area contributed by atoms with E-state index in [0.717, 1.165) is 64.4 Å². The van der Waals surface area contributed by atoms with Gasteiger partial charge in [-0.15, -0.1) is 0 Å². The second-order valence-electron chi connectivity index (χ2n) is 17.5. The van der Waals surface area contributed by atoms with Crippen LogP contribution in [-0.4, -0.2) is 36.6 Å². The fourth-order valence-corrected chi connectivity index (χ4v) is 5.72. The van der Waals surface area contributed by atoms with Crippen LogP contribution in [0.5, 0.6) is 11.5 Å². The molecule has 1 unspecified atom stereocenters. The Morgan fingerprint density at radius 3 is 2.05 bits per heavy atom. The fourth-order valence-electron chi connectivity index (χ4n) is 5.50. The summed E-state index contributed by atoms with van der Waals surface area (Å²) in [6, 6.07) is 32.1. The van der Waals surface area contributed by atoms with Gasteiger partial charge in [-0.3, -0.25) is 15.1 Å². The lowest BCUT2D eigenvalue weighted by Gasteiger charge is -2.24. The first kappa shape index (κ1) is 48.4. The summed E-state index contributed by atoms with van der Waals surface area (Å²) in [5.41, 5.74) is 6.77. The smallest absolute Gasteiger partial charge is 0.202 e. The number of carbonyl (C=O) groups excluding carboxylic acids is 1. The maximum absolute atomic E-state index is 12.4. The van der Waals surface area contributed by atoms with E-state index < -0.39 is 6.10 Å². The zero-order valence-electron chi connectivity index (χ0n) is 37.2. The van der Waals surface area contributed by atoms with E-state index in [4.69, 9.17) is 30.8 Å². The molecule has 1 aliphatic rings. The number of benzene rings is 4. The highest BCUT2D eigenvalue weighted by Gasteiger charge is 2.25. The van der Waals surface area contributed by atoms with Gasteiger partial charge in [-0.05, 0) is 142 Å². The Bertz CT molecular complexity index is 1950. The standard InChI is InChI=1S/C38H47N3O4.C8H9Cl.C5H12/c1-26-25-33(32-11-9-8-10-12-32)17-20-35(26)44-36(28(3)42)22-24-43-34-18-13-30(14-19-34)21-23-39-37(40-27(2)31-15-16-31)41-29(4)45-38(5,6)7;1-2-7-4-3-5-8(9)6-7;1-5(2,3)4/h8-14,17-20,25,31,36H,2,4,15-16,21-24H2,1,3,5-7H3,(H2,39,40,41);3-6H,2H2,1H3;1-4H3. The first-order valence-electron chi connectivity index (χ1n) is 20.7. The van der Waals surface area contributed by atoms with Crippen LogP contribution in [0.2, 0.25) is 5.02 Å². The number of hydrogen-bond donors (Lipinski definition) is 2. The predicted octanol–water partition coefficient (Wildman–Crippen LogP) is 12.7. The Morgan fingerprint density at radius 2 is 1.51 bits per heavy atom. The van der Waals surface area contributed by atoms with Crippen molar-refractivity contribution in [1.82, 2.24) is 10.6 Å². The highest BCUT2D eigenvalue weighted by Crippen LogP contribution is 2.34. The van der Waals surface area contributed by atoms with Crippen molar-refractivity contribution in [3.63, 3.8) is 0 Å². The molecule has 318 valence electrons. The molecular weight excluding hydrogens is 754 g/mol. The molecule has 4 aromatic rings. The maximum Gasteiger partial charge on any atom is 0.202 e. The lowest BCUT2D eigenvalue weighted by atomic mass is 10.0. The molecule has 0 spiro atoms. The van der Waals surface area contributed by atoms with E-state index in [1.165, 1.54) is 5.56 Å². The lowest BCUT2D eigenvalue weighted by molar-refractivity contribution is -0.124. The molecule has 0 aromatic heterocycles. The van der Waals surface area contributed by atoms with E-state index in [-0.39, 0.29) is 11.4 Å². The predicted molar refractivity (Wildman–Crippen MR) is 248 cm³/mol. The third-order valence-corrected chi connectivity index (χ3v) is 8.82. The maximum atomic E-state index is 12.4. The number of aliphatic imine (C=N–C) groups is 1. The van der Waals surface area contributed by atoms with Crippen molar-refractivity contribution in [3.8, 4) is 22.6 Å². The van der Waals surface area contributed by atoms with E-state index in [1.807, 2.05) is 100 Å². The summed E-state index contributed by atoms with van der Waals surface area (Å²) in [7, 11) is 0. The summed E-state index contributed by atoms with van der Waals surface area (Å²) in [5, 5.41) is 7.29. The topological polar surface area (TPSA) is 81.2 Å². The quantitative estimate of drug-likeness (QED) is 0.0665. The van der Waals surface area contributed by atoms with Crippen LogP contribution < -0.4 is 20.1 Å². The molecule has 0 aliphatic heterocycles. The molecule has 0 radical (unpaired) electrons. The summed E-state index contributed by atoms with van der Waals surface area (Å²) in [6.07, 6.45) is 3.97. The highest BCUT2D eigenvalue weighted by atomic mass is 35.5. The Balaban J connectivity index is 0.000000562. The average molecular weight is 823 g/mol. The number of hydrogen-bond acceptors (Lipinski definition) is 5. The third kappa shape index (κ3) is 20.5. The Kier molecular flexibility index (Phi) is 19.3. The van der Waals surface area contributed by atoms with Crippen LogP contribution in [0.4, 0.5) is 0 Å². The second-order valence-corrected chi connectivity index (χ2v) is 17.9. The molecule has 8 heteroatoms. The number of carbonyl (C=O) groups is 1. The van der Waals surface area contributed by atoms with Crippen LogP contribution in [0.25, 0.3) is 11.1 Å². The van der Waals surface area contributed by atoms with E-state index in [9.17, 15) is 4.79 Å². The first-order chi connectivity index (χ1) is 27.8. The molecule has 0 bridgehead atoms. The van der Waals surface area contributed by atoms with Crippen LogP contribution in [-0.2, 0) is 22.4 Å². The van der Waals surface area contributed by atoms with Crippen LogP contribution in [0.15, 0.2) is 127 Å². The number of Topliss-reactive ketones (excluding diaryl/α,β-unsaturated/α-hetero) is 1. The summed E-state index contributed by atoms with van der Waals surface area (Å²) < 4.78 is 17.9. The number of guanidine groups is 1. The summed E-state index contributed by atoms with van der Waals surface area (Å²) >= 11 is 5.72. The van der Waals surface area contributed by atoms with Crippen LogP contribution in [0.3, 0.4) is 0 Å². The van der Waals surface area contributed by atoms with E-state index in [2.05, 4.69) is 82.7 Å². The molecule has 2 N–H and O–H groups in total. The normalized spacial score (nSPS) is 13.0. The van der Waals surface area contributed by atoms with Gasteiger partial charge in [0.25, 0.3) is 0 Å². The number of aryl methyl sites for hydroxylation is 2. The van der Waals surface area contributed by atoms with Gasteiger partial charge in [0.2, 0.25) is 5.96 Å². The Morgan fingerprint density at radius 1 is 0.847 bits per heavy atom. The monoisotopic (exact) mass is 821 g/mol. The fraction of sp³-hybridized carbons (Fsp3) is 0.412. The lowest BCUT2D eigenvalue weighted by Crippen LogP contribution is -2.38. The average Bonchev–Trinajstić information content (AvgIpc) is 4.01. The summed E-state index contributed by atoms with van der Waals surface area (Å²) in [4.78, 5) is 17.1. The van der Waals surface area contributed by atoms with Crippen molar-refractivity contribution >= 4 is 23.3 Å². The molecule has 1 aliphatic carbocycles. The number of nitrogens with one attached hydrogen (secondary N) is 2. The van der Waals surface area contributed by atoms with Gasteiger partial charge in [0, 0.05) is 23.7 Å². The van der Waals surface area contributed by atoms with Crippen LogP contribution >= 0.6 is 11.6 Å². The van der Waals surface area contributed by atoms with Gasteiger partial charge in [-0.2, -0.15) is 0 Å². The van der Waals surface area contributed by atoms with Crippen LogP contribution in [0.1, 0.15) is 98.3 Å². The Hall–Kier alpha value is -5.01. The zero-order chi connectivity index (χ0) is 43.6. The highest BCUT2D eigenvalue weighted by molar-refractivity contribution is 6.30. The van der Waals surface area contributed by atoms with Crippen molar-refractivity contribution in [2.75, 3.05) is 13.2 Å². The minimum Gasteiger partial charge on any atom is -0.493 e. The van der Waals surface area contributed by atoms with Gasteiger partial charge in [0.05, 0.1) is 6.61 Å². The Labute approximate surface area is 360 Å². The van der Waals surface area contributed by atoms with E-state index >= 15 is 0 Å². The molecule has 5 rings (SSSR count). The minimum atomic E-state index is -0.583. The van der Waals surface area contributed by atoms with Crippen molar-refractivity contribution in [1.29, 1.82) is 0 Å². The van der Waals surface area contributed by atoms with Crippen molar-refractivity contribution in [3.05, 3.63) is 144 Å². The number of ketones is 1. The van der Waals surface area contributed by atoms with E-state index in [1.54, 1.807) is 6.92 Å². The van der Waals surface area contributed by atoms with Gasteiger partial charge in [0.1, 0.15) is 17.1 Å². The number of nitrogens with zero attached hydrogens (tertiary/aromatic N) is 1. The minimum absolute atomic E-state index is 0.0290. The molecule has 1 fully saturated rings. The van der Waals surface area contributed by atoms with Gasteiger partial charge in [0.15, 0.2) is 17.8 Å². The third-order valence-electron chi connectivity index (χ3n) is 8.58. The largest absolute Gasteiger partial charge is 0.493 e. The summed E-state index contributed by atoms with van der Waals surface area (Å²) in [5.74, 6) is 2.94. The molecule has 59 heavy (non-hydrogen) atoms. The SMILES string of the molecule is C=C(NC(=NCCc1ccc(OCCC(Oc2ccc(-c3ccccc3)cc2C)C(C)=O)cc1)NC(=C)C1CC1)OC(C)(C)C.CC(C)(C)C.CCc1cccc(Cl)c1.